The molecule has 0 saturated heterocycles. The zero-order valence-electron chi connectivity index (χ0n) is 17.9. The molecule has 2 aliphatic rings. The normalized spacial score (nSPS) is 16.8. The maximum atomic E-state index is 13.0. The fraction of sp³-hybridized carbons (Fsp3) is 0.375. The van der Waals surface area contributed by atoms with Crippen molar-refractivity contribution < 1.29 is 14.3 Å². The van der Waals surface area contributed by atoms with Gasteiger partial charge in [0.15, 0.2) is 16.7 Å². The number of rotatable bonds is 5. The Bertz CT molecular complexity index is 1230. The Labute approximate surface area is 190 Å². The largest absolute Gasteiger partial charge is 0.486 e. The van der Waals surface area contributed by atoms with Gasteiger partial charge in [0, 0.05) is 7.05 Å². The molecule has 1 aliphatic carbocycles. The lowest BCUT2D eigenvalue weighted by atomic mass is 9.87. The molecule has 0 unspecified atom stereocenters. The Morgan fingerprint density at radius 1 is 1.12 bits per heavy atom. The number of benzene rings is 2. The first-order chi connectivity index (χ1) is 15.6. The Kier molecular flexibility index (Phi) is 5.55. The Morgan fingerprint density at radius 2 is 1.88 bits per heavy atom. The average Bonchev–Trinajstić information content (AvgIpc) is 3.29. The van der Waals surface area contributed by atoms with Crippen molar-refractivity contribution in [1.82, 2.24) is 14.9 Å². The minimum atomic E-state index is -0.407. The minimum Gasteiger partial charge on any atom is -0.486 e. The number of ether oxygens (including phenoxy) is 2. The van der Waals surface area contributed by atoms with E-state index >= 15 is 0 Å². The monoisotopic (exact) mass is 451 g/mol. The molecule has 0 radical (unpaired) electrons. The van der Waals surface area contributed by atoms with E-state index in [9.17, 15) is 9.59 Å². The van der Waals surface area contributed by atoms with E-state index in [1.54, 1.807) is 13.1 Å². The van der Waals surface area contributed by atoms with Gasteiger partial charge >= 0.3 is 0 Å². The third-order valence-corrected chi connectivity index (χ3v) is 7.23. The van der Waals surface area contributed by atoms with E-state index in [0.717, 1.165) is 42.7 Å². The molecule has 1 fully saturated rings. The lowest BCUT2D eigenvalue weighted by molar-refractivity contribution is -0.120. The van der Waals surface area contributed by atoms with Crippen molar-refractivity contribution in [2.75, 3.05) is 19.0 Å². The summed E-state index contributed by atoms with van der Waals surface area (Å²) in [6, 6.07) is 13.2. The van der Waals surface area contributed by atoms with Crippen molar-refractivity contribution >= 4 is 28.6 Å². The molecule has 0 spiro atoms. The number of carbonyl (C=O) groups is 1. The van der Waals surface area contributed by atoms with Gasteiger partial charge in [-0.15, -0.1) is 0 Å². The number of fused-ring (bicyclic) bond motifs is 2. The fourth-order valence-electron chi connectivity index (χ4n) is 4.57. The predicted octanol–water partition coefficient (Wildman–Crippen LogP) is 3.38. The summed E-state index contributed by atoms with van der Waals surface area (Å²) in [6.07, 6.45) is 3.89. The zero-order valence-corrected chi connectivity index (χ0v) is 18.7. The van der Waals surface area contributed by atoms with Crippen molar-refractivity contribution in [3.63, 3.8) is 0 Å². The smallest absolute Gasteiger partial charge is 0.261 e. The predicted molar refractivity (Wildman–Crippen MR) is 123 cm³/mol. The van der Waals surface area contributed by atoms with Crippen LogP contribution in [-0.2, 0) is 17.4 Å². The summed E-state index contributed by atoms with van der Waals surface area (Å²) in [5.74, 6) is 1.59. The number of thioether (sulfide) groups is 1. The maximum absolute atomic E-state index is 13.0. The maximum Gasteiger partial charge on any atom is 0.261 e. The van der Waals surface area contributed by atoms with Crippen LogP contribution in [0.3, 0.4) is 0 Å². The molecule has 2 heterocycles. The topological polar surface area (TPSA) is 82.5 Å². The number of hydrogen-bond donors (Lipinski definition) is 1. The highest BCUT2D eigenvalue weighted by molar-refractivity contribution is 7.99. The molecule has 1 aliphatic heterocycles. The van der Waals surface area contributed by atoms with E-state index in [1.165, 1.54) is 16.3 Å². The molecular formula is C24H25N3O4S. The van der Waals surface area contributed by atoms with E-state index in [0.29, 0.717) is 29.3 Å². The highest BCUT2D eigenvalue weighted by Gasteiger charge is 2.37. The van der Waals surface area contributed by atoms with Crippen molar-refractivity contribution in [3.8, 4) is 11.5 Å². The SMILES string of the molecule is Cn1c(SCC(=O)NC2(c3ccc4c(c3)OCCO4)CCCC2)nc2ccccc2c1=O. The quantitative estimate of drug-likeness (QED) is 0.473. The standard InChI is InChI=1S/C24H25N3O4S/c1-27-22(29)17-6-2-3-7-18(17)25-23(27)32-15-21(28)26-24(10-4-5-11-24)16-8-9-19-20(14-16)31-13-12-30-19/h2-3,6-9,14H,4-5,10-13,15H2,1H3,(H,26,28). The third-order valence-electron chi connectivity index (χ3n) is 6.21. The molecule has 1 amide bonds. The number of nitrogens with zero attached hydrogens (tertiary/aromatic N) is 2. The first-order valence-corrected chi connectivity index (χ1v) is 11.8. The van der Waals surface area contributed by atoms with Gasteiger partial charge in [-0.25, -0.2) is 4.98 Å². The summed E-state index contributed by atoms with van der Waals surface area (Å²) >= 11 is 1.28. The van der Waals surface area contributed by atoms with E-state index in [2.05, 4.69) is 10.3 Å². The van der Waals surface area contributed by atoms with Crippen LogP contribution in [0.1, 0.15) is 31.2 Å². The molecule has 0 bridgehead atoms. The molecule has 32 heavy (non-hydrogen) atoms. The summed E-state index contributed by atoms with van der Waals surface area (Å²) in [5.41, 5.74) is 1.17. The summed E-state index contributed by atoms with van der Waals surface area (Å²) in [7, 11) is 1.69. The number of amides is 1. The number of hydrogen-bond acceptors (Lipinski definition) is 6. The highest BCUT2D eigenvalue weighted by Crippen LogP contribution is 2.42. The van der Waals surface area contributed by atoms with E-state index < -0.39 is 5.54 Å². The van der Waals surface area contributed by atoms with Gasteiger partial charge in [-0.05, 0) is 42.7 Å². The van der Waals surface area contributed by atoms with Crippen molar-refractivity contribution in [1.29, 1.82) is 0 Å². The third kappa shape index (κ3) is 3.83. The Balaban J connectivity index is 1.34. The van der Waals surface area contributed by atoms with Gasteiger partial charge < -0.3 is 14.8 Å². The lowest BCUT2D eigenvalue weighted by Gasteiger charge is -2.32. The first kappa shape index (κ1) is 20.9. The Hall–Kier alpha value is -3.00. The van der Waals surface area contributed by atoms with Crippen LogP contribution in [0.15, 0.2) is 52.4 Å². The Morgan fingerprint density at radius 3 is 2.69 bits per heavy atom. The average molecular weight is 452 g/mol. The van der Waals surface area contributed by atoms with E-state index in [1.807, 2.05) is 36.4 Å². The zero-order chi connectivity index (χ0) is 22.1. The molecule has 1 N–H and O–H groups in total. The summed E-state index contributed by atoms with van der Waals surface area (Å²) < 4.78 is 12.9. The van der Waals surface area contributed by atoms with Crippen molar-refractivity contribution in [3.05, 3.63) is 58.4 Å². The minimum absolute atomic E-state index is 0.0748. The molecule has 7 nitrogen and oxygen atoms in total. The van der Waals surface area contributed by atoms with Gasteiger partial charge in [0.2, 0.25) is 5.91 Å². The van der Waals surface area contributed by atoms with Gasteiger partial charge in [-0.3, -0.25) is 14.2 Å². The van der Waals surface area contributed by atoms with E-state index in [-0.39, 0.29) is 17.2 Å². The van der Waals surface area contributed by atoms with Crippen LogP contribution in [-0.4, -0.2) is 34.4 Å². The fourth-order valence-corrected chi connectivity index (χ4v) is 5.34. The molecule has 2 aromatic carbocycles. The second-order valence-corrected chi connectivity index (χ2v) is 9.20. The van der Waals surface area contributed by atoms with Crippen LogP contribution in [0.5, 0.6) is 11.5 Å². The molecule has 1 saturated carbocycles. The van der Waals surface area contributed by atoms with Gasteiger partial charge in [-0.1, -0.05) is 42.8 Å². The second kappa shape index (κ2) is 8.50. The molecule has 8 heteroatoms. The van der Waals surface area contributed by atoms with Gasteiger partial charge in [0.05, 0.1) is 22.2 Å². The van der Waals surface area contributed by atoms with Crippen LogP contribution in [0.4, 0.5) is 0 Å². The van der Waals surface area contributed by atoms with Crippen LogP contribution in [0.2, 0.25) is 0 Å². The van der Waals surface area contributed by atoms with Crippen LogP contribution >= 0.6 is 11.8 Å². The van der Waals surface area contributed by atoms with E-state index in [4.69, 9.17) is 9.47 Å². The van der Waals surface area contributed by atoms with Crippen LogP contribution in [0.25, 0.3) is 10.9 Å². The molecule has 1 aromatic heterocycles. The van der Waals surface area contributed by atoms with Crippen molar-refractivity contribution in [2.24, 2.45) is 7.05 Å². The van der Waals surface area contributed by atoms with Gasteiger partial charge in [-0.2, -0.15) is 0 Å². The number of para-hydroxylation sites is 1. The highest BCUT2D eigenvalue weighted by atomic mass is 32.2. The molecule has 3 aromatic rings. The second-order valence-electron chi connectivity index (χ2n) is 8.26. The van der Waals surface area contributed by atoms with Gasteiger partial charge in [0.1, 0.15) is 13.2 Å². The summed E-state index contributed by atoms with van der Waals surface area (Å²) in [5, 5.41) is 4.39. The number of carbonyl (C=O) groups excluding carboxylic acids is 1. The summed E-state index contributed by atoms with van der Waals surface area (Å²) in [6.45, 7) is 1.08. The molecular weight excluding hydrogens is 426 g/mol. The van der Waals surface area contributed by atoms with Crippen molar-refractivity contribution in [2.45, 2.75) is 36.4 Å². The van der Waals surface area contributed by atoms with Crippen LogP contribution in [0, 0.1) is 0 Å². The molecule has 166 valence electrons. The van der Waals surface area contributed by atoms with Gasteiger partial charge in [0.25, 0.3) is 5.56 Å². The lowest BCUT2D eigenvalue weighted by Crippen LogP contribution is -2.44. The van der Waals surface area contributed by atoms with Crippen LogP contribution < -0.4 is 20.3 Å². The summed E-state index contributed by atoms with van der Waals surface area (Å²) in [4.78, 5) is 30.2. The number of nitrogens with one attached hydrogen (secondary N) is 1. The number of aromatic nitrogens is 2. The molecule has 5 rings (SSSR count). The first-order valence-electron chi connectivity index (χ1n) is 10.9. The molecule has 0 atom stereocenters.